The first kappa shape index (κ1) is 15.2. The van der Waals surface area contributed by atoms with Crippen LogP contribution in [0, 0.1) is 0 Å². The van der Waals surface area contributed by atoms with Gasteiger partial charge in [-0.05, 0) is 11.6 Å². The number of alkyl halides is 5. The Kier molecular flexibility index (Phi) is 3.36. The van der Waals surface area contributed by atoms with Gasteiger partial charge in [-0.25, -0.2) is 0 Å². The van der Waals surface area contributed by atoms with Crippen molar-refractivity contribution in [3.05, 3.63) is 64.7 Å². The van der Waals surface area contributed by atoms with Crippen molar-refractivity contribution in [2.75, 3.05) is 7.11 Å². The maximum absolute atomic E-state index is 14.5. The predicted octanol–water partition coefficient (Wildman–Crippen LogP) is 5.22. The zero-order valence-electron chi connectivity index (χ0n) is 11.4. The van der Waals surface area contributed by atoms with Gasteiger partial charge in [0, 0.05) is 16.7 Å². The van der Waals surface area contributed by atoms with Gasteiger partial charge >= 0.3 is 11.8 Å². The largest absolute Gasteiger partial charge is 0.496 e. The molecule has 1 nitrogen and oxygen atoms in total. The van der Waals surface area contributed by atoms with Crippen LogP contribution in [0.5, 0.6) is 5.75 Å². The minimum Gasteiger partial charge on any atom is -0.496 e. The van der Waals surface area contributed by atoms with Crippen molar-refractivity contribution >= 4 is 11.6 Å². The summed E-state index contributed by atoms with van der Waals surface area (Å²) in [6.45, 7) is 0. The topological polar surface area (TPSA) is 9.23 Å². The standard InChI is InChI=1S/C16H11ClF4O/c1-22-12-8-4-7-11-13(12)14(17)9-5-2-3-6-10(9)15(18,19)16(11,20)21/h2-8,14H,1H3. The fourth-order valence-corrected chi connectivity index (χ4v) is 3.17. The van der Waals surface area contributed by atoms with Gasteiger partial charge in [0.1, 0.15) is 5.75 Å². The maximum Gasteiger partial charge on any atom is 0.340 e. The summed E-state index contributed by atoms with van der Waals surface area (Å²) in [5.41, 5.74) is -1.75. The maximum atomic E-state index is 14.5. The number of halogens is 5. The lowest BCUT2D eigenvalue weighted by molar-refractivity contribution is -0.223. The molecule has 0 amide bonds. The Morgan fingerprint density at radius 3 is 2.18 bits per heavy atom. The van der Waals surface area contributed by atoms with Gasteiger partial charge in [0.05, 0.1) is 12.5 Å². The average Bonchev–Trinajstić information content (AvgIpc) is 2.56. The smallest absolute Gasteiger partial charge is 0.340 e. The van der Waals surface area contributed by atoms with E-state index in [4.69, 9.17) is 16.3 Å². The van der Waals surface area contributed by atoms with E-state index < -0.39 is 28.3 Å². The Balaban J connectivity index is 2.44. The summed E-state index contributed by atoms with van der Waals surface area (Å²) >= 11 is 6.27. The molecule has 1 unspecified atom stereocenters. The predicted molar refractivity (Wildman–Crippen MR) is 74.9 cm³/mol. The van der Waals surface area contributed by atoms with Crippen molar-refractivity contribution in [2.24, 2.45) is 0 Å². The van der Waals surface area contributed by atoms with E-state index in [-0.39, 0.29) is 16.9 Å². The zero-order chi connectivity index (χ0) is 16.1. The Morgan fingerprint density at radius 1 is 0.909 bits per heavy atom. The molecular weight excluding hydrogens is 320 g/mol. The number of benzene rings is 2. The van der Waals surface area contributed by atoms with Crippen molar-refractivity contribution < 1.29 is 22.3 Å². The molecule has 0 radical (unpaired) electrons. The Morgan fingerprint density at radius 2 is 1.50 bits per heavy atom. The van der Waals surface area contributed by atoms with Crippen molar-refractivity contribution in [3.8, 4) is 5.75 Å². The summed E-state index contributed by atoms with van der Waals surface area (Å²) in [5, 5.41) is -1.15. The molecule has 116 valence electrons. The second-order valence-electron chi connectivity index (χ2n) is 5.02. The molecule has 0 saturated heterocycles. The molecule has 1 atom stereocenters. The van der Waals surface area contributed by atoms with Crippen LogP contribution in [-0.2, 0) is 11.8 Å². The van der Waals surface area contributed by atoms with Gasteiger partial charge < -0.3 is 4.74 Å². The average molecular weight is 331 g/mol. The molecule has 6 heteroatoms. The first-order valence-electron chi connectivity index (χ1n) is 6.49. The Bertz CT molecular complexity index is 730. The van der Waals surface area contributed by atoms with Crippen LogP contribution in [0.4, 0.5) is 17.6 Å². The third-order valence-electron chi connectivity index (χ3n) is 3.84. The molecular formula is C16H11ClF4O. The molecule has 0 N–H and O–H groups in total. The normalized spacial score (nSPS) is 21.5. The van der Waals surface area contributed by atoms with Crippen LogP contribution in [0.2, 0.25) is 0 Å². The van der Waals surface area contributed by atoms with Gasteiger partial charge in [0.2, 0.25) is 0 Å². The second-order valence-corrected chi connectivity index (χ2v) is 5.46. The minimum absolute atomic E-state index is 0.0444. The van der Waals surface area contributed by atoms with E-state index in [9.17, 15) is 17.6 Å². The number of ether oxygens (including phenoxy) is 1. The van der Waals surface area contributed by atoms with Gasteiger partial charge in [-0.15, -0.1) is 11.6 Å². The first-order chi connectivity index (χ1) is 10.3. The summed E-state index contributed by atoms with van der Waals surface area (Å²) in [6.07, 6.45) is 0. The van der Waals surface area contributed by atoms with Crippen molar-refractivity contribution in [2.45, 2.75) is 17.2 Å². The quantitative estimate of drug-likeness (QED) is 0.514. The number of rotatable bonds is 1. The van der Waals surface area contributed by atoms with Crippen LogP contribution in [0.25, 0.3) is 0 Å². The number of fused-ring (bicyclic) bond motifs is 2. The number of methoxy groups -OCH3 is 1. The molecule has 3 rings (SSSR count). The first-order valence-corrected chi connectivity index (χ1v) is 6.92. The van der Waals surface area contributed by atoms with Crippen LogP contribution in [-0.4, -0.2) is 7.11 Å². The molecule has 0 saturated carbocycles. The van der Waals surface area contributed by atoms with E-state index in [0.29, 0.717) is 0 Å². The third-order valence-corrected chi connectivity index (χ3v) is 4.30. The SMILES string of the molecule is COc1cccc2c1C(Cl)c1ccccc1C(F)(F)C2(F)F. The van der Waals surface area contributed by atoms with Gasteiger partial charge in [-0.1, -0.05) is 36.4 Å². The number of hydrogen-bond acceptors (Lipinski definition) is 1. The van der Waals surface area contributed by atoms with Crippen molar-refractivity contribution in [1.29, 1.82) is 0 Å². The van der Waals surface area contributed by atoms with Crippen molar-refractivity contribution in [3.63, 3.8) is 0 Å². The van der Waals surface area contributed by atoms with E-state index in [1.165, 1.54) is 37.4 Å². The van der Waals surface area contributed by atoms with Gasteiger partial charge in [0.25, 0.3) is 0 Å². The monoisotopic (exact) mass is 330 g/mol. The molecule has 0 heterocycles. The molecule has 22 heavy (non-hydrogen) atoms. The minimum atomic E-state index is -4.39. The third kappa shape index (κ3) is 1.85. The van der Waals surface area contributed by atoms with E-state index in [1.807, 2.05) is 0 Å². The zero-order valence-corrected chi connectivity index (χ0v) is 12.2. The van der Waals surface area contributed by atoms with Gasteiger partial charge in [-0.3, -0.25) is 0 Å². The van der Waals surface area contributed by atoms with E-state index >= 15 is 0 Å². The van der Waals surface area contributed by atoms with Crippen LogP contribution >= 0.6 is 11.6 Å². The summed E-state index contributed by atoms with van der Waals surface area (Å²) in [5.74, 6) is -8.70. The van der Waals surface area contributed by atoms with Crippen LogP contribution < -0.4 is 4.74 Å². The van der Waals surface area contributed by atoms with Gasteiger partial charge in [0.15, 0.2) is 0 Å². The van der Waals surface area contributed by atoms with E-state index in [0.717, 1.165) is 12.1 Å². The van der Waals surface area contributed by atoms with Gasteiger partial charge in [-0.2, -0.15) is 17.6 Å². The van der Waals surface area contributed by atoms with Crippen LogP contribution in [0.3, 0.4) is 0 Å². The summed E-state index contributed by atoms with van der Waals surface area (Å²) in [7, 11) is 1.28. The molecule has 1 aliphatic carbocycles. The molecule has 0 aliphatic heterocycles. The molecule has 1 aliphatic rings. The van der Waals surface area contributed by atoms with Crippen LogP contribution in [0.1, 0.15) is 27.6 Å². The molecule has 0 bridgehead atoms. The van der Waals surface area contributed by atoms with E-state index in [1.54, 1.807) is 0 Å². The molecule has 0 aromatic heterocycles. The fraction of sp³-hybridized carbons (Fsp3) is 0.250. The summed E-state index contributed by atoms with van der Waals surface area (Å²) in [6, 6.07) is 8.74. The Hall–Kier alpha value is -1.75. The molecule has 2 aromatic rings. The highest BCUT2D eigenvalue weighted by Gasteiger charge is 2.62. The lowest BCUT2D eigenvalue weighted by atomic mass is 9.96. The fourth-order valence-electron chi connectivity index (χ4n) is 2.75. The molecule has 2 aromatic carbocycles. The lowest BCUT2D eigenvalue weighted by Gasteiger charge is -2.27. The molecule has 0 spiro atoms. The lowest BCUT2D eigenvalue weighted by Crippen LogP contribution is -2.35. The van der Waals surface area contributed by atoms with Crippen molar-refractivity contribution in [1.82, 2.24) is 0 Å². The van der Waals surface area contributed by atoms with Crippen LogP contribution in [0.15, 0.2) is 42.5 Å². The summed E-state index contributed by atoms with van der Waals surface area (Å²) < 4.78 is 63.1. The second kappa shape index (κ2) is 4.88. The summed E-state index contributed by atoms with van der Waals surface area (Å²) in [4.78, 5) is 0. The Labute approximate surface area is 129 Å². The highest BCUT2D eigenvalue weighted by Crippen LogP contribution is 2.58. The van der Waals surface area contributed by atoms with E-state index in [2.05, 4.69) is 0 Å². The highest BCUT2D eigenvalue weighted by atomic mass is 35.5. The molecule has 0 fully saturated rings. The highest BCUT2D eigenvalue weighted by molar-refractivity contribution is 6.23. The number of hydrogen-bond donors (Lipinski definition) is 0.